The molecule has 180 valence electrons. The standard InChI is InChI=1S/C24H25N7O3S/c1-35(32,33)11-2-4-19-7-5-16(12-26-19)21-30-22(31-34-21)24(9-3-10-24)18-6-8-20(27-15-18)17-13-28-23(25)29-14-17/h5-8,12-15H,2-4,9-11H2,1H3,(H2,25,28,29). The fraction of sp³-hybridized carbons (Fsp3) is 0.333. The molecule has 11 heteroatoms. The number of rotatable bonds is 8. The van der Waals surface area contributed by atoms with E-state index in [9.17, 15) is 8.42 Å². The summed E-state index contributed by atoms with van der Waals surface area (Å²) >= 11 is 0. The zero-order chi connectivity index (χ0) is 24.5. The molecule has 35 heavy (non-hydrogen) atoms. The van der Waals surface area contributed by atoms with Crippen molar-refractivity contribution in [3.63, 3.8) is 0 Å². The fourth-order valence-electron chi connectivity index (χ4n) is 4.24. The van der Waals surface area contributed by atoms with E-state index in [1.54, 1.807) is 18.6 Å². The van der Waals surface area contributed by atoms with Crippen LogP contribution in [0.3, 0.4) is 0 Å². The normalized spacial score (nSPS) is 15.0. The van der Waals surface area contributed by atoms with Gasteiger partial charge < -0.3 is 10.3 Å². The third-order valence-corrected chi connectivity index (χ3v) is 7.39. The number of pyridine rings is 2. The van der Waals surface area contributed by atoms with Gasteiger partial charge in [0.2, 0.25) is 5.95 Å². The Kier molecular flexibility index (Phi) is 6.01. The monoisotopic (exact) mass is 491 g/mol. The average molecular weight is 492 g/mol. The van der Waals surface area contributed by atoms with E-state index in [2.05, 4.69) is 25.1 Å². The third-order valence-electron chi connectivity index (χ3n) is 6.36. The molecule has 1 aliphatic rings. The van der Waals surface area contributed by atoms with Gasteiger partial charge in [-0.2, -0.15) is 4.98 Å². The average Bonchev–Trinajstić information content (AvgIpc) is 3.29. The second kappa shape index (κ2) is 9.14. The van der Waals surface area contributed by atoms with Crippen LogP contribution in [0, 0.1) is 0 Å². The molecule has 0 aromatic carbocycles. The predicted molar refractivity (Wildman–Crippen MR) is 130 cm³/mol. The maximum Gasteiger partial charge on any atom is 0.259 e. The maximum atomic E-state index is 11.3. The molecule has 0 aliphatic heterocycles. The summed E-state index contributed by atoms with van der Waals surface area (Å²) in [6.07, 6.45) is 12.1. The Hall–Kier alpha value is -3.73. The summed E-state index contributed by atoms with van der Waals surface area (Å²) < 4.78 is 28.2. The van der Waals surface area contributed by atoms with Crippen molar-refractivity contribution in [2.75, 3.05) is 17.7 Å². The molecule has 2 N–H and O–H groups in total. The first-order valence-corrected chi connectivity index (χ1v) is 13.4. The zero-order valence-corrected chi connectivity index (χ0v) is 20.1. The van der Waals surface area contributed by atoms with Gasteiger partial charge in [0.25, 0.3) is 5.89 Å². The zero-order valence-electron chi connectivity index (χ0n) is 19.3. The van der Waals surface area contributed by atoms with Crippen molar-refractivity contribution < 1.29 is 12.9 Å². The highest BCUT2D eigenvalue weighted by atomic mass is 32.2. The maximum absolute atomic E-state index is 11.3. The van der Waals surface area contributed by atoms with Crippen LogP contribution in [0.2, 0.25) is 0 Å². The molecular weight excluding hydrogens is 466 g/mol. The third kappa shape index (κ3) is 4.90. The lowest BCUT2D eigenvalue weighted by atomic mass is 9.64. The van der Waals surface area contributed by atoms with Gasteiger partial charge in [-0.05, 0) is 49.4 Å². The van der Waals surface area contributed by atoms with Crippen molar-refractivity contribution in [3.8, 4) is 22.7 Å². The highest BCUT2D eigenvalue weighted by Crippen LogP contribution is 2.48. The summed E-state index contributed by atoms with van der Waals surface area (Å²) in [7, 11) is -2.97. The summed E-state index contributed by atoms with van der Waals surface area (Å²) in [4.78, 5) is 21.8. The number of nitrogen functional groups attached to an aromatic ring is 1. The molecule has 0 atom stereocenters. The van der Waals surface area contributed by atoms with Gasteiger partial charge >= 0.3 is 0 Å². The van der Waals surface area contributed by atoms with Crippen LogP contribution < -0.4 is 5.73 Å². The Morgan fingerprint density at radius 1 is 0.971 bits per heavy atom. The van der Waals surface area contributed by atoms with Gasteiger partial charge in [-0.25, -0.2) is 18.4 Å². The molecule has 0 saturated heterocycles. The van der Waals surface area contributed by atoms with E-state index < -0.39 is 9.84 Å². The molecule has 0 bridgehead atoms. The van der Waals surface area contributed by atoms with Gasteiger partial charge in [-0.15, -0.1) is 0 Å². The molecule has 1 saturated carbocycles. The molecule has 1 aliphatic carbocycles. The van der Waals surface area contributed by atoms with E-state index in [-0.39, 0.29) is 17.1 Å². The van der Waals surface area contributed by atoms with Crippen LogP contribution in [0.1, 0.15) is 42.8 Å². The van der Waals surface area contributed by atoms with Gasteiger partial charge in [0.05, 0.1) is 22.4 Å². The first kappa shape index (κ1) is 23.0. The molecule has 4 aromatic heterocycles. The number of aryl methyl sites for hydroxylation is 1. The van der Waals surface area contributed by atoms with Crippen molar-refractivity contribution >= 4 is 15.8 Å². The Morgan fingerprint density at radius 2 is 1.74 bits per heavy atom. The Balaban J connectivity index is 1.33. The smallest absolute Gasteiger partial charge is 0.259 e. The van der Waals surface area contributed by atoms with Crippen molar-refractivity contribution in [1.82, 2.24) is 30.1 Å². The van der Waals surface area contributed by atoms with Crippen molar-refractivity contribution in [2.24, 2.45) is 0 Å². The number of nitrogens with zero attached hydrogens (tertiary/aromatic N) is 6. The minimum absolute atomic E-state index is 0.148. The Bertz CT molecular complexity index is 1410. The lowest BCUT2D eigenvalue weighted by Gasteiger charge is -2.39. The molecule has 0 spiro atoms. The molecule has 0 unspecified atom stereocenters. The van der Waals surface area contributed by atoms with Crippen LogP contribution in [-0.4, -0.2) is 50.5 Å². The van der Waals surface area contributed by atoms with Crippen LogP contribution in [-0.2, 0) is 21.7 Å². The highest BCUT2D eigenvalue weighted by Gasteiger charge is 2.44. The highest BCUT2D eigenvalue weighted by molar-refractivity contribution is 7.90. The topological polar surface area (TPSA) is 151 Å². The number of anilines is 1. The largest absolute Gasteiger partial charge is 0.368 e. The first-order valence-electron chi connectivity index (χ1n) is 11.3. The van der Waals surface area contributed by atoms with Gasteiger partial charge in [0.1, 0.15) is 9.84 Å². The van der Waals surface area contributed by atoms with Gasteiger partial charge in [-0.3, -0.25) is 9.97 Å². The molecular formula is C24H25N7O3S. The predicted octanol–water partition coefficient (Wildman–Crippen LogP) is 3.01. The molecule has 1 fully saturated rings. The SMILES string of the molecule is CS(=O)(=O)CCCc1ccc(-c2nc(C3(c4ccc(-c5cnc(N)nc5)nc4)CCC3)no2)cn1. The number of aromatic nitrogens is 6. The lowest BCUT2D eigenvalue weighted by Crippen LogP contribution is -2.36. The summed E-state index contributed by atoms with van der Waals surface area (Å²) in [6, 6.07) is 7.72. The second-order valence-electron chi connectivity index (χ2n) is 8.89. The van der Waals surface area contributed by atoms with Crippen LogP contribution in [0.15, 0.2) is 53.6 Å². The van der Waals surface area contributed by atoms with E-state index in [1.165, 1.54) is 6.26 Å². The molecule has 10 nitrogen and oxygen atoms in total. The van der Waals surface area contributed by atoms with Crippen molar-refractivity contribution in [3.05, 3.63) is 66.1 Å². The molecule has 5 rings (SSSR count). The number of sulfone groups is 1. The number of hydrogen-bond acceptors (Lipinski definition) is 10. The first-order chi connectivity index (χ1) is 16.8. The van der Waals surface area contributed by atoms with E-state index in [1.807, 2.05) is 30.5 Å². The molecule has 4 heterocycles. The Morgan fingerprint density at radius 3 is 2.34 bits per heavy atom. The molecule has 0 radical (unpaired) electrons. The number of nitrogens with two attached hydrogens (primary N) is 1. The molecule has 4 aromatic rings. The van der Waals surface area contributed by atoms with E-state index in [0.717, 1.165) is 47.3 Å². The number of hydrogen-bond donors (Lipinski definition) is 1. The van der Waals surface area contributed by atoms with Crippen LogP contribution in [0.5, 0.6) is 0 Å². The van der Waals surface area contributed by atoms with Crippen molar-refractivity contribution in [2.45, 2.75) is 37.5 Å². The van der Waals surface area contributed by atoms with E-state index in [4.69, 9.17) is 15.2 Å². The summed E-state index contributed by atoms with van der Waals surface area (Å²) in [5.74, 6) is 1.42. The van der Waals surface area contributed by atoms with Crippen LogP contribution in [0.4, 0.5) is 5.95 Å². The minimum Gasteiger partial charge on any atom is -0.368 e. The Labute approximate surface area is 203 Å². The van der Waals surface area contributed by atoms with Crippen molar-refractivity contribution in [1.29, 1.82) is 0 Å². The second-order valence-corrected chi connectivity index (χ2v) is 11.2. The summed E-state index contributed by atoms with van der Waals surface area (Å²) in [6.45, 7) is 0. The quantitative estimate of drug-likeness (QED) is 0.389. The van der Waals surface area contributed by atoms with Gasteiger partial charge in [0.15, 0.2) is 5.82 Å². The van der Waals surface area contributed by atoms with Gasteiger partial charge in [0, 0.05) is 42.3 Å². The van der Waals surface area contributed by atoms with Crippen LogP contribution in [0.25, 0.3) is 22.7 Å². The summed E-state index contributed by atoms with van der Waals surface area (Å²) in [5, 5.41) is 4.31. The van der Waals surface area contributed by atoms with Crippen LogP contribution >= 0.6 is 0 Å². The van der Waals surface area contributed by atoms with E-state index in [0.29, 0.717) is 24.6 Å². The minimum atomic E-state index is -2.97. The lowest BCUT2D eigenvalue weighted by molar-refractivity contribution is 0.272. The molecule has 0 amide bonds. The fourth-order valence-corrected chi connectivity index (χ4v) is 4.91. The summed E-state index contributed by atoms with van der Waals surface area (Å²) in [5.41, 5.74) is 9.39. The van der Waals surface area contributed by atoms with E-state index >= 15 is 0 Å². The van der Waals surface area contributed by atoms with Gasteiger partial charge in [-0.1, -0.05) is 17.6 Å².